The highest BCUT2D eigenvalue weighted by Gasteiger charge is 2.15. The number of halogens is 2. The summed E-state index contributed by atoms with van der Waals surface area (Å²) in [6, 6.07) is 13.4. The van der Waals surface area contributed by atoms with Gasteiger partial charge in [-0.25, -0.2) is 0 Å². The van der Waals surface area contributed by atoms with Gasteiger partial charge in [0.2, 0.25) is 0 Å². The maximum atomic E-state index is 6.26. The van der Waals surface area contributed by atoms with E-state index < -0.39 is 0 Å². The third-order valence-corrected chi connectivity index (χ3v) is 5.57. The Labute approximate surface area is 167 Å². The van der Waals surface area contributed by atoms with Crippen molar-refractivity contribution >= 4 is 35.0 Å². The monoisotopic (exact) mass is 407 g/mol. The van der Waals surface area contributed by atoms with Gasteiger partial charge in [-0.05, 0) is 55.8 Å². The first-order chi connectivity index (χ1) is 12.6. The van der Waals surface area contributed by atoms with Gasteiger partial charge in [-0.1, -0.05) is 41.0 Å². The predicted molar refractivity (Wildman–Crippen MR) is 108 cm³/mol. The van der Waals surface area contributed by atoms with Gasteiger partial charge in [0.15, 0.2) is 11.0 Å². The normalized spacial score (nSPS) is 10.9. The summed E-state index contributed by atoms with van der Waals surface area (Å²) >= 11 is 14.1. The van der Waals surface area contributed by atoms with Crippen molar-refractivity contribution in [2.45, 2.75) is 31.3 Å². The maximum absolute atomic E-state index is 6.26. The molecule has 3 aromatic rings. The fraction of sp³-hybridized carbons (Fsp3) is 0.263. The van der Waals surface area contributed by atoms with E-state index in [9.17, 15) is 0 Å². The van der Waals surface area contributed by atoms with Crippen molar-refractivity contribution in [1.29, 1.82) is 0 Å². The number of rotatable bonds is 7. The summed E-state index contributed by atoms with van der Waals surface area (Å²) < 4.78 is 7.58. The number of thioether (sulfide) groups is 1. The molecule has 0 N–H and O–H groups in total. The third kappa shape index (κ3) is 4.17. The van der Waals surface area contributed by atoms with Gasteiger partial charge in [0.25, 0.3) is 0 Å². The summed E-state index contributed by atoms with van der Waals surface area (Å²) in [5.74, 6) is 2.32. The topological polar surface area (TPSA) is 39.9 Å². The zero-order valence-corrected chi connectivity index (χ0v) is 16.9. The Hall–Kier alpha value is -1.69. The van der Waals surface area contributed by atoms with Crippen LogP contribution in [0.2, 0.25) is 10.0 Å². The van der Waals surface area contributed by atoms with Gasteiger partial charge in [-0.15, -0.1) is 10.2 Å². The Morgan fingerprint density at radius 3 is 2.31 bits per heavy atom. The molecule has 136 valence electrons. The molecule has 0 amide bonds. The van der Waals surface area contributed by atoms with Gasteiger partial charge >= 0.3 is 0 Å². The lowest BCUT2D eigenvalue weighted by Gasteiger charge is -2.09. The van der Waals surface area contributed by atoms with Crippen LogP contribution >= 0.6 is 35.0 Å². The molecule has 0 aliphatic rings. The van der Waals surface area contributed by atoms with Crippen molar-refractivity contribution in [3.05, 3.63) is 58.1 Å². The van der Waals surface area contributed by atoms with E-state index in [1.54, 1.807) is 11.8 Å². The number of benzene rings is 2. The maximum Gasteiger partial charge on any atom is 0.191 e. The number of hydrogen-bond acceptors (Lipinski definition) is 4. The molecule has 0 saturated carbocycles. The quantitative estimate of drug-likeness (QED) is 0.452. The molecule has 0 atom stereocenters. The average Bonchev–Trinajstić information content (AvgIpc) is 3.05. The van der Waals surface area contributed by atoms with Crippen LogP contribution in [0.15, 0.2) is 47.6 Å². The highest BCUT2D eigenvalue weighted by atomic mass is 35.5. The summed E-state index contributed by atoms with van der Waals surface area (Å²) in [4.78, 5) is 0. The van der Waals surface area contributed by atoms with Crippen molar-refractivity contribution in [3.8, 4) is 17.1 Å². The molecular formula is C19H19Cl2N3OS. The molecule has 0 saturated heterocycles. The lowest BCUT2D eigenvalue weighted by molar-refractivity contribution is 0.340. The van der Waals surface area contributed by atoms with Crippen LogP contribution in [0.3, 0.4) is 0 Å². The van der Waals surface area contributed by atoms with Gasteiger partial charge in [-0.2, -0.15) is 0 Å². The van der Waals surface area contributed by atoms with Crippen LogP contribution in [0.1, 0.15) is 19.4 Å². The molecule has 0 bridgehead atoms. The second kappa shape index (κ2) is 8.80. The number of ether oxygens (including phenoxy) is 1. The van der Waals surface area contributed by atoms with Crippen LogP contribution in [0, 0.1) is 0 Å². The Bertz CT molecular complexity index is 861. The minimum absolute atomic E-state index is 0.639. The van der Waals surface area contributed by atoms with Crippen LogP contribution in [-0.2, 0) is 12.3 Å². The smallest absolute Gasteiger partial charge is 0.191 e. The molecule has 3 rings (SSSR count). The Kier molecular flexibility index (Phi) is 6.46. The molecule has 0 fully saturated rings. The van der Waals surface area contributed by atoms with E-state index in [0.717, 1.165) is 34.4 Å². The zero-order valence-electron chi connectivity index (χ0n) is 14.6. The van der Waals surface area contributed by atoms with Gasteiger partial charge in [0.1, 0.15) is 5.75 Å². The summed E-state index contributed by atoms with van der Waals surface area (Å²) in [6.07, 6.45) is 0. The van der Waals surface area contributed by atoms with Gasteiger partial charge in [-0.3, -0.25) is 0 Å². The molecule has 1 heterocycles. The lowest BCUT2D eigenvalue weighted by atomic mass is 10.2. The summed E-state index contributed by atoms with van der Waals surface area (Å²) in [5, 5.41) is 10.9. The van der Waals surface area contributed by atoms with E-state index in [0.29, 0.717) is 22.4 Å². The Morgan fingerprint density at radius 2 is 1.69 bits per heavy atom. The number of nitrogens with zero attached hydrogens (tertiary/aromatic N) is 3. The van der Waals surface area contributed by atoms with Crippen LogP contribution in [-0.4, -0.2) is 21.4 Å². The van der Waals surface area contributed by atoms with E-state index in [-0.39, 0.29) is 0 Å². The first-order valence-corrected chi connectivity index (χ1v) is 10.1. The number of hydrogen-bond donors (Lipinski definition) is 0. The van der Waals surface area contributed by atoms with E-state index in [4.69, 9.17) is 27.9 Å². The van der Waals surface area contributed by atoms with Crippen molar-refractivity contribution in [2.24, 2.45) is 0 Å². The Balaban J connectivity index is 1.82. The first kappa shape index (κ1) is 19.1. The largest absolute Gasteiger partial charge is 0.494 e. The van der Waals surface area contributed by atoms with Crippen LogP contribution in [0.4, 0.5) is 0 Å². The van der Waals surface area contributed by atoms with E-state index in [1.807, 2.05) is 49.4 Å². The zero-order chi connectivity index (χ0) is 18.5. The van der Waals surface area contributed by atoms with Crippen molar-refractivity contribution < 1.29 is 4.74 Å². The first-order valence-electron chi connectivity index (χ1n) is 8.36. The molecule has 2 aromatic carbocycles. The predicted octanol–water partition coefficient (Wildman–Crippen LogP) is 5.96. The van der Waals surface area contributed by atoms with E-state index in [2.05, 4.69) is 21.7 Å². The van der Waals surface area contributed by atoms with Gasteiger partial charge in [0.05, 0.1) is 6.61 Å². The molecule has 0 unspecified atom stereocenters. The molecule has 4 nitrogen and oxygen atoms in total. The SMILES string of the molecule is CCOc1ccc(-c2nnc(SCc3c(Cl)cccc3Cl)n2CC)cc1. The molecule has 0 aliphatic carbocycles. The average molecular weight is 408 g/mol. The highest BCUT2D eigenvalue weighted by molar-refractivity contribution is 7.98. The van der Waals surface area contributed by atoms with Crippen LogP contribution in [0.25, 0.3) is 11.4 Å². The number of aromatic nitrogens is 3. The summed E-state index contributed by atoms with van der Waals surface area (Å²) in [7, 11) is 0. The minimum atomic E-state index is 0.639. The molecule has 26 heavy (non-hydrogen) atoms. The van der Waals surface area contributed by atoms with E-state index in [1.165, 1.54) is 0 Å². The molecule has 0 spiro atoms. The van der Waals surface area contributed by atoms with Gasteiger partial charge in [0, 0.05) is 27.9 Å². The second-order valence-electron chi connectivity index (χ2n) is 5.50. The summed E-state index contributed by atoms with van der Waals surface area (Å²) in [5.41, 5.74) is 1.92. The fourth-order valence-corrected chi connectivity index (χ4v) is 4.31. The molecular weight excluding hydrogens is 389 g/mol. The lowest BCUT2D eigenvalue weighted by Crippen LogP contribution is -2.00. The van der Waals surface area contributed by atoms with Crippen molar-refractivity contribution in [2.75, 3.05) is 6.61 Å². The molecule has 0 radical (unpaired) electrons. The van der Waals surface area contributed by atoms with Crippen molar-refractivity contribution in [3.63, 3.8) is 0 Å². The van der Waals surface area contributed by atoms with Crippen LogP contribution < -0.4 is 4.74 Å². The van der Waals surface area contributed by atoms with E-state index >= 15 is 0 Å². The molecule has 0 aliphatic heterocycles. The Morgan fingerprint density at radius 1 is 1.00 bits per heavy atom. The van der Waals surface area contributed by atoms with Crippen molar-refractivity contribution in [1.82, 2.24) is 14.8 Å². The summed E-state index contributed by atoms with van der Waals surface area (Å²) in [6.45, 7) is 5.47. The molecule has 1 aromatic heterocycles. The fourth-order valence-electron chi connectivity index (χ4n) is 2.57. The third-order valence-electron chi connectivity index (χ3n) is 3.86. The second-order valence-corrected chi connectivity index (χ2v) is 7.25. The van der Waals surface area contributed by atoms with Gasteiger partial charge < -0.3 is 9.30 Å². The highest BCUT2D eigenvalue weighted by Crippen LogP contribution is 2.32. The minimum Gasteiger partial charge on any atom is -0.494 e. The molecule has 7 heteroatoms. The van der Waals surface area contributed by atoms with Crippen LogP contribution in [0.5, 0.6) is 5.75 Å². The standard InChI is InChI=1S/C19H19Cl2N3OS/c1-3-24-18(13-8-10-14(11-9-13)25-4-2)22-23-19(24)26-12-15-16(20)6-5-7-17(15)21/h5-11H,3-4,12H2,1-2H3.